The van der Waals surface area contributed by atoms with Gasteiger partial charge in [0.25, 0.3) is 5.91 Å². The third kappa shape index (κ3) is 6.33. The van der Waals surface area contributed by atoms with Crippen LogP contribution >= 0.6 is 0 Å². The number of nitrogens with zero attached hydrogens (tertiary/aromatic N) is 1. The number of nitrogens with one attached hydrogen (secondary N) is 1. The molecule has 0 saturated carbocycles. The van der Waals surface area contributed by atoms with Crippen molar-refractivity contribution in [2.24, 2.45) is 0 Å². The topological polar surface area (TPSA) is 84.9 Å². The van der Waals surface area contributed by atoms with E-state index in [1.807, 2.05) is 37.3 Å². The molecule has 2 aromatic carbocycles. The highest BCUT2D eigenvalue weighted by molar-refractivity contribution is 6.01. The molecule has 170 valence electrons. The fourth-order valence-corrected chi connectivity index (χ4v) is 3.56. The van der Waals surface area contributed by atoms with Crippen molar-refractivity contribution in [1.82, 2.24) is 10.2 Å². The Morgan fingerprint density at radius 1 is 1.06 bits per heavy atom. The summed E-state index contributed by atoms with van der Waals surface area (Å²) in [5, 5.41) is 2.74. The van der Waals surface area contributed by atoms with E-state index in [2.05, 4.69) is 5.32 Å². The van der Waals surface area contributed by atoms with Crippen LogP contribution in [0.1, 0.15) is 42.1 Å². The zero-order valence-electron chi connectivity index (χ0n) is 18.4. The lowest BCUT2D eigenvalue weighted by atomic mass is 10.1. The third-order valence-electron chi connectivity index (χ3n) is 5.32. The van der Waals surface area contributed by atoms with Crippen LogP contribution in [0.2, 0.25) is 0 Å². The molecule has 0 aliphatic carbocycles. The number of hydrogen-bond acceptors (Lipinski definition) is 5. The summed E-state index contributed by atoms with van der Waals surface area (Å²) in [5.74, 6) is -0.699. The quantitative estimate of drug-likeness (QED) is 0.455. The van der Waals surface area contributed by atoms with Crippen LogP contribution < -0.4 is 10.1 Å². The van der Waals surface area contributed by atoms with Gasteiger partial charge in [-0.3, -0.25) is 14.4 Å². The standard InChI is InChI=1S/C25H30N2O5/c1-2-3-16-32-23(28)18-21-24(29)26-14-15-27(21)25(30)20-11-7-8-12-22(20)31-17-13-19-9-5-4-6-10-19/h4-12,21H,2-3,13-18H2,1H3,(H,26,29). The summed E-state index contributed by atoms with van der Waals surface area (Å²) in [6.45, 7) is 3.39. The number of amides is 2. The maximum Gasteiger partial charge on any atom is 0.308 e. The van der Waals surface area contributed by atoms with Crippen LogP contribution in [0.15, 0.2) is 54.6 Å². The van der Waals surface area contributed by atoms with Crippen LogP contribution in [0, 0.1) is 0 Å². The number of para-hydroxylation sites is 1. The lowest BCUT2D eigenvalue weighted by Crippen LogP contribution is -2.57. The van der Waals surface area contributed by atoms with Crippen LogP contribution in [-0.4, -0.2) is 55.0 Å². The largest absolute Gasteiger partial charge is 0.492 e. The lowest BCUT2D eigenvalue weighted by Gasteiger charge is -2.34. The molecule has 1 atom stereocenters. The van der Waals surface area contributed by atoms with Gasteiger partial charge in [-0.25, -0.2) is 0 Å². The number of ether oxygens (including phenoxy) is 2. The molecule has 1 heterocycles. The summed E-state index contributed by atoms with van der Waals surface area (Å²) in [4.78, 5) is 39.5. The van der Waals surface area contributed by atoms with E-state index >= 15 is 0 Å². The molecule has 7 heteroatoms. The van der Waals surface area contributed by atoms with E-state index in [0.717, 1.165) is 18.4 Å². The first-order chi connectivity index (χ1) is 15.6. The van der Waals surface area contributed by atoms with Crippen molar-refractivity contribution in [3.8, 4) is 5.75 Å². The molecule has 1 saturated heterocycles. The average Bonchev–Trinajstić information content (AvgIpc) is 2.81. The third-order valence-corrected chi connectivity index (χ3v) is 5.32. The van der Waals surface area contributed by atoms with Crippen LogP contribution in [0.4, 0.5) is 0 Å². The molecule has 0 spiro atoms. The molecule has 7 nitrogen and oxygen atoms in total. The smallest absolute Gasteiger partial charge is 0.308 e. The maximum absolute atomic E-state index is 13.4. The Morgan fingerprint density at radius 3 is 2.59 bits per heavy atom. The number of unbranched alkanes of at least 4 members (excludes halogenated alkanes) is 1. The van der Waals surface area contributed by atoms with Gasteiger partial charge in [0.2, 0.25) is 5.91 Å². The predicted octanol–water partition coefficient (Wildman–Crippen LogP) is 2.98. The summed E-state index contributed by atoms with van der Waals surface area (Å²) in [6.07, 6.45) is 2.21. The SMILES string of the molecule is CCCCOC(=O)CC1C(=O)NCCN1C(=O)c1ccccc1OCCc1ccccc1. The maximum atomic E-state index is 13.4. The van der Waals surface area contributed by atoms with Gasteiger partial charge in [0.05, 0.1) is 25.2 Å². The Kier molecular flexibility index (Phi) is 8.66. The van der Waals surface area contributed by atoms with E-state index in [1.54, 1.807) is 24.3 Å². The fraction of sp³-hybridized carbons (Fsp3) is 0.400. The van der Waals surface area contributed by atoms with Gasteiger partial charge in [-0.2, -0.15) is 0 Å². The minimum absolute atomic E-state index is 0.168. The second kappa shape index (κ2) is 11.9. The van der Waals surface area contributed by atoms with E-state index in [4.69, 9.17) is 9.47 Å². The van der Waals surface area contributed by atoms with Gasteiger partial charge in [-0.1, -0.05) is 55.8 Å². The number of rotatable bonds is 10. The van der Waals surface area contributed by atoms with Crippen molar-refractivity contribution in [2.45, 2.75) is 38.6 Å². The molecule has 1 aliphatic rings. The molecule has 3 rings (SSSR count). The molecule has 1 unspecified atom stereocenters. The summed E-state index contributed by atoms with van der Waals surface area (Å²) in [7, 11) is 0. The molecule has 0 bridgehead atoms. The zero-order valence-corrected chi connectivity index (χ0v) is 18.4. The highest BCUT2D eigenvalue weighted by Crippen LogP contribution is 2.23. The van der Waals surface area contributed by atoms with E-state index in [1.165, 1.54) is 4.90 Å². The van der Waals surface area contributed by atoms with Crippen molar-refractivity contribution in [3.05, 3.63) is 65.7 Å². The van der Waals surface area contributed by atoms with Crippen molar-refractivity contribution in [1.29, 1.82) is 0 Å². The summed E-state index contributed by atoms with van der Waals surface area (Å²) < 4.78 is 11.1. The highest BCUT2D eigenvalue weighted by Gasteiger charge is 2.36. The van der Waals surface area contributed by atoms with Crippen LogP contribution in [0.3, 0.4) is 0 Å². The van der Waals surface area contributed by atoms with E-state index in [0.29, 0.717) is 44.0 Å². The van der Waals surface area contributed by atoms with Crippen molar-refractivity contribution < 1.29 is 23.9 Å². The predicted molar refractivity (Wildman–Crippen MR) is 120 cm³/mol. The first kappa shape index (κ1) is 23.3. The van der Waals surface area contributed by atoms with Gasteiger partial charge in [-0.05, 0) is 24.1 Å². The van der Waals surface area contributed by atoms with Crippen molar-refractivity contribution in [3.63, 3.8) is 0 Å². The van der Waals surface area contributed by atoms with Crippen LogP contribution in [0.25, 0.3) is 0 Å². The normalized spacial score (nSPS) is 15.7. The summed E-state index contributed by atoms with van der Waals surface area (Å²) in [5.41, 5.74) is 1.52. The number of hydrogen-bond donors (Lipinski definition) is 1. The second-order valence-electron chi connectivity index (χ2n) is 7.66. The van der Waals surface area contributed by atoms with Gasteiger partial charge >= 0.3 is 5.97 Å². The molecule has 0 radical (unpaired) electrons. The Morgan fingerprint density at radius 2 is 1.81 bits per heavy atom. The van der Waals surface area contributed by atoms with E-state index in [9.17, 15) is 14.4 Å². The molecule has 32 heavy (non-hydrogen) atoms. The number of benzene rings is 2. The van der Waals surface area contributed by atoms with Gasteiger partial charge in [0, 0.05) is 19.5 Å². The Hall–Kier alpha value is -3.35. The number of carbonyl (C=O) groups is 3. The Balaban J connectivity index is 1.68. The Labute approximate surface area is 188 Å². The molecule has 1 N–H and O–H groups in total. The summed E-state index contributed by atoms with van der Waals surface area (Å²) >= 11 is 0. The minimum Gasteiger partial charge on any atom is -0.492 e. The fourth-order valence-electron chi connectivity index (χ4n) is 3.56. The molecular formula is C25H30N2O5. The van der Waals surface area contributed by atoms with Gasteiger partial charge in [0.15, 0.2) is 0 Å². The van der Waals surface area contributed by atoms with Crippen molar-refractivity contribution in [2.75, 3.05) is 26.3 Å². The number of piperazine rings is 1. The first-order valence-electron chi connectivity index (χ1n) is 11.1. The summed E-state index contributed by atoms with van der Waals surface area (Å²) in [6, 6.07) is 16.1. The van der Waals surface area contributed by atoms with E-state index < -0.39 is 12.0 Å². The van der Waals surface area contributed by atoms with Gasteiger partial charge in [-0.15, -0.1) is 0 Å². The highest BCUT2D eigenvalue weighted by atomic mass is 16.5. The van der Waals surface area contributed by atoms with E-state index in [-0.39, 0.29) is 18.2 Å². The first-order valence-corrected chi connectivity index (χ1v) is 11.1. The molecule has 0 aromatic heterocycles. The average molecular weight is 439 g/mol. The molecule has 1 aliphatic heterocycles. The molecule has 1 fully saturated rings. The lowest BCUT2D eigenvalue weighted by molar-refractivity contribution is -0.147. The number of carbonyl (C=O) groups excluding carboxylic acids is 3. The minimum atomic E-state index is -0.900. The van der Waals surface area contributed by atoms with Crippen LogP contribution in [-0.2, 0) is 20.7 Å². The molecular weight excluding hydrogens is 408 g/mol. The Bertz CT molecular complexity index is 916. The zero-order chi connectivity index (χ0) is 22.8. The monoisotopic (exact) mass is 438 g/mol. The van der Waals surface area contributed by atoms with Crippen LogP contribution in [0.5, 0.6) is 5.75 Å². The van der Waals surface area contributed by atoms with Gasteiger partial charge in [0.1, 0.15) is 11.8 Å². The molecule has 2 aromatic rings. The number of esters is 1. The second-order valence-corrected chi connectivity index (χ2v) is 7.66. The van der Waals surface area contributed by atoms with Crippen molar-refractivity contribution >= 4 is 17.8 Å². The molecule has 2 amide bonds. The van der Waals surface area contributed by atoms with Gasteiger partial charge < -0.3 is 19.7 Å².